The van der Waals surface area contributed by atoms with Crippen LogP contribution >= 0.6 is 0 Å². The van der Waals surface area contributed by atoms with E-state index in [9.17, 15) is 23.5 Å². The van der Waals surface area contributed by atoms with E-state index in [-0.39, 0.29) is 31.9 Å². The summed E-state index contributed by atoms with van der Waals surface area (Å²) in [6.45, 7) is 0.0943. The number of aliphatic carboxylic acids is 2. The fourth-order valence-corrected chi connectivity index (χ4v) is 5.11. The average Bonchev–Trinajstić information content (AvgIpc) is 3.37. The van der Waals surface area contributed by atoms with Crippen LogP contribution in [-0.4, -0.2) is 26.7 Å². The van der Waals surface area contributed by atoms with Gasteiger partial charge in [-0.2, -0.15) is 4.39 Å². The van der Waals surface area contributed by atoms with Gasteiger partial charge in [-0.1, -0.05) is 72.8 Å². The van der Waals surface area contributed by atoms with Crippen molar-refractivity contribution in [1.29, 1.82) is 0 Å². The van der Waals surface area contributed by atoms with Crippen molar-refractivity contribution in [2.24, 2.45) is 0 Å². The molecule has 9 heteroatoms. The highest BCUT2D eigenvalue weighted by molar-refractivity contribution is 5.94. The van der Waals surface area contributed by atoms with Gasteiger partial charge < -0.3 is 24.3 Å². The van der Waals surface area contributed by atoms with E-state index in [0.29, 0.717) is 18.6 Å². The monoisotopic (exact) mass is 611 g/mol. The molecule has 2 N–H and O–H groups in total. The van der Waals surface area contributed by atoms with E-state index in [4.69, 9.17) is 14.6 Å². The van der Waals surface area contributed by atoms with Crippen LogP contribution in [0.4, 0.5) is 8.78 Å². The van der Waals surface area contributed by atoms with Crippen molar-refractivity contribution < 1.29 is 38.1 Å². The third-order valence-electron chi connectivity index (χ3n) is 7.30. The molecule has 5 rings (SSSR count). The Balaban J connectivity index is 1.26. The van der Waals surface area contributed by atoms with Gasteiger partial charge in [-0.05, 0) is 64.9 Å². The molecule has 5 aromatic rings. The van der Waals surface area contributed by atoms with Gasteiger partial charge in [-0.15, -0.1) is 0 Å². The number of benzene rings is 4. The highest BCUT2D eigenvalue weighted by Gasteiger charge is 2.14. The maximum absolute atomic E-state index is 14.0. The van der Waals surface area contributed by atoms with E-state index >= 15 is 0 Å². The lowest BCUT2D eigenvalue weighted by Gasteiger charge is -2.13. The van der Waals surface area contributed by atoms with Crippen molar-refractivity contribution >= 4 is 35.0 Å². The average molecular weight is 612 g/mol. The number of carbonyl (C=O) groups is 2. The van der Waals surface area contributed by atoms with Crippen molar-refractivity contribution in [2.75, 3.05) is 0 Å². The summed E-state index contributed by atoms with van der Waals surface area (Å²) in [6.07, 6.45) is 6.70. The number of carboxylic acids is 2. The third kappa shape index (κ3) is 7.94. The summed E-state index contributed by atoms with van der Waals surface area (Å²) in [6, 6.07) is 24.5. The number of aryl methyl sites for hydroxylation is 1. The van der Waals surface area contributed by atoms with E-state index in [1.54, 1.807) is 10.8 Å². The van der Waals surface area contributed by atoms with Crippen LogP contribution in [-0.2, 0) is 35.8 Å². The molecule has 4 aromatic carbocycles. The molecule has 0 aliphatic carbocycles. The molecule has 7 nitrogen and oxygen atoms in total. The number of fused-ring (bicyclic) bond motifs is 1. The van der Waals surface area contributed by atoms with Gasteiger partial charge in [0.1, 0.15) is 25.5 Å². The Morgan fingerprint density at radius 3 is 2.18 bits per heavy atom. The minimum Gasteiger partial charge on any atom is -0.489 e. The quantitative estimate of drug-likeness (QED) is 0.125. The second-order valence-electron chi connectivity index (χ2n) is 10.5. The van der Waals surface area contributed by atoms with Crippen molar-refractivity contribution in [1.82, 2.24) is 4.57 Å². The molecule has 0 amide bonds. The molecule has 0 saturated carbocycles. The van der Waals surface area contributed by atoms with Gasteiger partial charge in [0.2, 0.25) is 5.82 Å². The first kappa shape index (κ1) is 31.0. The number of carboxylic acid groups (broad SMARTS) is 2. The summed E-state index contributed by atoms with van der Waals surface area (Å²) in [5.74, 6) is -3.33. The summed E-state index contributed by atoms with van der Waals surface area (Å²) >= 11 is 0. The molecule has 0 radical (unpaired) electrons. The predicted octanol–water partition coefficient (Wildman–Crippen LogP) is 7.74. The summed E-state index contributed by atoms with van der Waals surface area (Å²) in [5.41, 5.74) is 5.08. The van der Waals surface area contributed by atoms with Gasteiger partial charge in [0.05, 0.1) is 5.52 Å². The Kier molecular flexibility index (Phi) is 9.89. The Bertz CT molecular complexity index is 1840. The Hall–Kier alpha value is -5.44. The molecule has 0 saturated heterocycles. The van der Waals surface area contributed by atoms with Gasteiger partial charge in [0.15, 0.2) is 11.6 Å². The zero-order valence-electron chi connectivity index (χ0n) is 24.3. The molecule has 0 unspecified atom stereocenters. The van der Waals surface area contributed by atoms with Crippen LogP contribution in [0.5, 0.6) is 11.5 Å². The van der Waals surface area contributed by atoms with E-state index in [1.165, 1.54) is 12.1 Å². The van der Waals surface area contributed by atoms with E-state index in [2.05, 4.69) is 0 Å². The second-order valence-corrected chi connectivity index (χ2v) is 10.5. The number of hydrogen-bond acceptors (Lipinski definition) is 4. The van der Waals surface area contributed by atoms with Gasteiger partial charge in [-0.3, -0.25) is 9.59 Å². The lowest BCUT2D eigenvalue weighted by Crippen LogP contribution is -2.07. The molecule has 0 aliphatic rings. The summed E-state index contributed by atoms with van der Waals surface area (Å²) in [7, 11) is 0. The van der Waals surface area contributed by atoms with Gasteiger partial charge in [0.25, 0.3) is 0 Å². The van der Waals surface area contributed by atoms with Crippen LogP contribution in [0.3, 0.4) is 0 Å². The first-order chi connectivity index (χ1) is 21.8. The second kappa shape index (κ2) is 14.4. The highest BCUT2D eigenvalue weighted by atomic mass is 19.2. The molecule has 0 spiro atoms. The van der Waals surface area contributed by atoms with Crippen LogP contribution in [0.15, 0.2) is 91.1 Å². The fourth-order valence-electron chi connectivity index (χ4n) is 5.11. The number of ether oxygens (including phenoxy) is 2. The largest absolute Gasteiger partial charge is 0.489 e. The van der Waals surface area contributed by atoms with Crippen LogP contribution in [0, 0.1) is 11.6 Å². The predicted molar refractivity (Wildman–Crippen MR) is 167 cm³/mol. The number of hydrogen-bond donors (Lipinski definition) is 2. The van der Waals surface area contributed by atoms with Crippen molar-refractivity contribution in [3.8, 4) is 11.5 Å². The smallest absolute Gasteiger partial charge is 0.323 e. The Morgan fingerprint density at radius 2 is 1.47 bits per heavy atom. The van der Waals surface area contributed by atoms with Gasteiger partial charge >= 0.3 is 11.9 Å². The molecular weight excluding hydrogens is 580 g/mol. The maximum atomic E-state index is 14.0. The Morgan fingerprint density at radius 1 is 0.756 bits per heavy atom. The normalized spacial score (nSPS) is 11.2. The molecule has 1 aromatic heterocycles. The van der Waals surface area contributed by atoms with Gasteiger partial charge in [-0.25, -0.2) is 4.39 Å². The SMILES string of the molecule is O=C(O)CCCc1cn(CC(=O)O)c2c(C=Cc3ccc(OCc4ccccc4COc4cccc(F)c4F)cc3)cccc12. The number of halogens is 2. The first-order valence-electron chi connectivity index (χ1n) is 14.4. The molecule has 1 heterocycles. The van der Waals surface area contributed by atoms with Crippen molar-refractivity contribution in [2.45, 2.75) is 39.0 Å². The van der Waals surface area contributed by atoms with E-state index in [0.717, 1.165) is 44.8 Å². The van der Waals surface area contributed by atoms with Gasteiger partial charge in [0, 0.05) is 18.0 Å². The molecular formula is C36H31F2NO6. The minimum atomic E-state index is -1.02. The van der Waals surface area contributed by atoms with E-state index < -0.39 is 23.6 Å². The zero-order valence-corrected chi connectivity index (χ0v) is 24.3. The maximum Gasteiger partial charge on any atom is 0.323 e. The molecule has 0 atom stereocenters. The van der Waals surface area contributed by atoms with Crippen LogP contribution < -0.4 is 9.47 Å². The van der Waals surface area contributed by atoms with Crippen LogP contribution in [0.1, 0.15) is 40.7 Å². The number of para-hydroxylation sites is 1. The van der Waals surface area contributed by atoms with E-state index in [1.807, 2.05) is 78.9 Å². The summed E-state index contributed by atoms with van der Waals surface area (Å²) in [4.78, 5) is 22.5. The minimum absolute atomic E-state index is 0.0453. The van der Waals surface area contributed by atoms with Crippen molar-refractivity contribution in [3.63, 3.8) is 0 Å². The lowest BCUT2D eigenvalue weighted by atomic mass is 10.0. The molecule has 0 aliphatic heterocycles. The lowest BCUT2D eigenvalue weighted by molar-refractivity contribution is -0.138. The molecule has 0 bridgehead atoms. The summed E-state index contributed by atoms with van der Waals surface area (Å²) in [5, 5.41) is 19.4. The summed E-state index contributed by atoms with van der Waals surface area (Å²) < 4.78 is 40.7. The molecule has 230 valence electrons. The highest BCUT2D eigenvalue weighted by Crippen LogP contribution is 2.28. The number of nitrogens with zero attached hydrogens (tertiary/aromatic N) is 1. The third-order valence-corrected chi connectivity index (χ3v) is 7.30. The van der Waals surface area contributed by atoms with Crippen molar-refractivity contribution in [3.05, 3.63) is 131 Å². The number of rotatable bonds is 14. The first-order valence-corrected chi connectivity index (χ1v) is 14.4. The topological polar surface area (TPSA) is 98.0 Å². The van der Waals surface area contributed by atoms with Crippen LogP contribution in [0.2, 0.25) is 0 Å². The standard InChI is InChI=1S/C36H31F2NO6/c37-31-11-5-12-32(35(31)38)45-23-28-7-2-1-6-27(28)22-44-29-18-15-24(16-19-29)14-17-25-8-3-10-30-26(9-4-13-33(40)41)20-39(36(25)30)21-34(42)43/h1-3,5-8,10-12,14-20H,4,9,13,21-23H2,(H,40,41)(H,42,43). The molecule has 45 heavy (non-hydrogen) atoms. The Labute approximate surface area is 258 Å². The van der Waals surface area contributed by atoms with Crippen LogP contribution in [0.25, 0.3) is 23.1 Å². The number of aromatic nitrogens is 1. The fraction of sp³-hybridized carbons (Fsp3) is 0.167. The molecule has 0 fully saturated rings. The zero-order chi connectivity index (χ0) is 31.8.